The number of aromatic nitrogens is 2. The lowest BCUT2D eigenvalue weighted by Crippen LogP contribution is -2.50. The third kappa shape index (κ3) is 3.89. The first-order chi connectivity index (χ1) is 13.2. The second-order valence-corrected chi connectivity index (χ2v) is 7.04. The molecule has 6 heteroatoms. The zero-order chi connectivity index (χ0) is 18.6. The van der Waals surface area contributed by atoms with Gasteiger partial charge >= 0.3 is 0 Å². The van der Waals surface area contributed by atoms with Crippen LogP contribution in [-0.4, -0.2) is 28.3 Å². The summed E-state index contributed by atoms with van der Waals surface area (Å²) in [4.78, 5) is 14.7. The summed E-state index contributed by atoms with van der Waals surface area (Å²) in [6.07, 6.45) is 5.46. The fourth-order valence-electron chi connectivity index (χ4n) is 3.40. The van der Waals surface area contributed by atoms with Gasteiger partial charge in [-0.3, -0.25) is 4.79 Å². The first-order valence-corrected chi connectivity index (χ1v) is 9.48. The maximum absolute atomic E-state index is 12.9. The molecule has 27 heavy (non-hydrogen) atoms. The van der Waals surface area contributed by atoms with Crippen LogP contribution in [0.15, 0.2) is 67.0 Å². The van der Waals surface area contributed by atoms with Crippen LogP contribution in [0.1, 0.15) is 18.4 Å². The second kappa shape index (κ2) is 7.94. The topological polar surface area (TPSA) is 50.2 Å². The van der Waals surface area contributed by atoms with Crippen molar-refractivity contribution >= 4 is 23.2 Å². The van der Waals surface area contributed by atoms with E-state index in [1.165, 1.54) is 0 Å². The summed E-state index contributed by atoms with van der Waals surface area (Å²) in [5.41, 5.74) is 2.94. The Hall–Kier alpha value is -2.63. The molecule has 0 radical (unpaired) electrons. The van der Waals surface area contributed by atoms with Gasteiger partial charge in [0, 0.05) is 25.5 Å². The van der Waals surface area contributed by atoms with Crippen LogP contribution in [0.2, 0.25) is 5.02 Å². The molecule has 1 aliphatic heterocycles. The number of piperidine rings is 1. The molecule has 0 aliphatic carbocycles. The van der Waals surface area contributed by atoms with E-state index >= 15 is 0 Å². The number of benzene rings is 2. The average molecular weight is 381 g/mol. The van der Waals surface area contributed by atoms with Gasteiger partial charge in [0.1, 0.15) is 0 Å². The third-order valence-corrected chi connectivity index (χ3v) is 5.16. The molecule has 4 rings (SSSR count). The zero-order valence-electron chi connectivity index (χ0n) is 14.9. The van der Waals surface area contributed by atoms with Crippen molar-refractivity contribution in [1.82, 2.24) is 15.1 Å². The van der Waals surface area contributed by atoms with Crippen LogP contribution >= 0.6 is 11.6 Å². The number of nitrogens with one attached hydrogen (secondary N) is 1. The molecule has 1 N–H and O–H groups in total. The van der Waals surface area contributed by atoms with Crippen molar-refractivity contribution in [3.05, 3.63) is 77.6 Å². The summed E-state index contributed by atoms with van der Waals surface area (Å²) in [5.74, 6) is 0.0857. The number of carbonyl (C=O) groups excluding carboxylic acids is 1. The molecule has 0 unspecified atom stereocenters. The highest BCUT2D eigenvalue weighted by Gasteiger charge is 2.30. The largest absolute Gasteiger partial charge is 0.310 e. The molecule has 0 spiro atoms. The standard InChI is InChI=1S/C21H21ClN4O/c22-18-5-1-2-7-20(18)25-13-3-6-19(21(25)27)23-15-16-8-10-17(11-9-16)26-14-4-12-24-26/h1-2,4-5,7-12,14,19,23H,3,6,13,15H2/t19-/m0/s1. The van der Waals surface area contributed by atoms with Gasteiger partial charge in [-0.2, -0.15) is 5.10 Å². The maximum Gasteiger partial charge on any atom is 0.244 e. The molecule has 0 saturated carbocycles. The number of anilines is 1. The van der Waals surface area contributed by atoms with Gasteiger partial charge in [-0.25, -0.2) is 4.68 Å². The Labute approximate surface area is 163 Å². The van der Waals surface area contributed by atoms with Gasteiger partial charge in [0.2, 0.25) is 5.91 Å². The van der Waals surface area contributed by atoms with E-state index in [0.29, 0.717) is 18.1 Å². The van der Waals surface area contributed by atoms with Crippen molar-refractivity contribution in [3.8, 4) is 5.69 Å². The van der Waals surface area contributed by atoms with Gasteiger partial charge in [-0.05, 0) is 48.7 Å². The van der Waals surface area contributed by atoms with Crippen molar-refractivity contribution in [2.45, 2.75) is 25.4 Å². The summed E-state index contributed by atoms with van der Waals surface area (Å²) >= 11 is 6.28. The van der Waals surface area contributed by atoms with Gasteiger partial charge in [0.15, 0.2) is 0 Å². The van der Waals surface area contributed by atoms with Crippen LogP contribution in [0, 0.1) is 0 Å². The minimum Gasteiger partial charge on any atom is -0.310 e. The molecule has 1 aromatic heterocycles. The van der Waals surface area contributed by atoms with Crippen molar-refractivity contribution in [2.75, 3.05) is 11.4 Å². The summed E-state index contributed by atoms with van der Waals surface area (Å²) in [6.45, 7) is 1.35. The van der Waals surface area contributed by atoms with E-state index in [1.807, 2.05) is 53.3 Å². The van der Waals surface area contributed by atoms with E-state index in [-0.39, 0.29) is 11.9 Å². The number of nitrogens with zero attached hydrogens (tertiary/aromatic N) is 3. The highest BCUT2D eigenvalue weighted by atomic mass is 35.5. The van der Waals surface area contributed by atoms with Crippen LogP contribution < -0.4 is 10.2 Å². The zero-order valence-corrected chi connectivity index (χ0v) is 15.6. The quantitative estimate of drug-likeness (QED) is 0.732. The number of amides is 1. The van der Waals surface area contributed by atoms with E-state index in [4.69, 9.17) is 11.6 Å². The molecule has 1 fully saturated rings. The van der Waals surface area contributed by atoms with Crippen LogP contribution in [0.3, 0.4) is 0 Å². The Balaban J connectivity index is 1.40. The number of para-hydroxylation sites is 1. The van der Waals surface area contributed by atoms with Gasteiger partial charge in [0.25, 0.3) is 0 Å². The molecule has 0 bridgehead atoms. The summed E-state index contributed by atoms with van der Waals surface area (Å²) < 4.78 is 1.82. The molecule has 2 heterocycles. The second-order valence-electron chi connectivity index (χ2n) is 6.63. The molecule has 138 valence electrons. The van der Waals surface area contributed by atoms with Gasteiger partial charge in [-0.1, -0.05) is 35.9 Å². The van der Waals surface area contributed by atoms with Crippen molar-refractivity contribution < 1.29 is 4.79 Å². The number of rotatable bonds is 5. The first kappa shape index (κ1) is 17.8. The van der Waals surface area contributed by atoms with Crippen LogP contribution in [0.25, 0.3) is 5.69 Å². The van der Waals surface area contributed by atoms with Crippen LogP contribution in [-0.2, 0) is 11.3 Å². The SMILES string of the molecule is O=C1[C@@H](NCc2ccc(-n3cccn3)cc2)CCCN1c1ccccc1Cl. The first-order valence-electron chi connectivity index (χ1n) is 9.10. The summed E-state index contributed by atoms with van der Waals surface area (Å²) in [5, 5.41) is 8.25. The summed E-state index contributed by atoms with van der Waals surface area (Å²) in [7, 11) is 0. The van der Waals surface area contributed by atoms with E-state index in [2.05, 4.69) is 22.5 Å². The Morgan fingerprint density at radius 3 is 2.67 bits per heavy atom. The minimum absolute atomic E-state index is 0.0857. The number of hydrogen-bond acceptors (Lipinski definition) is 3. The van der Waals surface area contributed by atoms with Gasteiger partial charge < -0.3 is 10.2 Å². The van der Waals surface area contributed by atoms with E-state index in [0.717, 1.165) is 29.8 Å². The number of halogens is 1. The predicted molar refractivity (Wildman–Crippen MR) is 107 cm³/mol. The van der Waals surface area contributed by atoms with Crippen molar-refractivity contribution in [1.29, 1.82) is 0 Å². The molecule has 3 aromatic rings. The lowest BCUT2D eigenvalue weighted by atomic mass is 10.0. The molecule has 1 amide bonds. The Morgan fingerprint density at radius 2 is 1.93 bits per heavy atom. The predicted octanol–water partition coefficient (Wildman–Crippen LogP) is 3.81. The highest BCUT2D eigenvalue weighted by Crippen LogP contribution is 2.28. The van der Waals surface area contributed by atoms with Crippen LogP contribution in [0.5, 0.6) is 0 Å². The molecule has 5 nitrogen and oxygen atoms in total. The average Bonchev–Trinajstić information content (AvgIpc) is 3.23. The van der Waals surface area contributed by atoms with E-state index in [9.17, 15) is 4.79 Å². The molecule has 1 saturated heterocycles. The number of carbonyl (C=O) groups is 1. The monoisotopic (exact) mass is 380 g/mol. The molecule has 2 aromatic carbocycles. The normalized spacial score (nSPS) is 17.3. The summed E-state index contributed by atoms with van der Waals surface area (Å²) in [6, 6.07) is 17.4. The third-order valence-electron chi connectivity index (χ3n) is 4.84. The smallest absolute Gasteiger partial charge is 0.244 e. The van der Waals surface area contributed by atoms with E-state index < -0.39 is 0 Å². The van der Waals surface area contributed by atoms with Crippen LogP contribution in [0.4, 0.5) is 5.69 Å². The fraction of sp³-hybridized carbons (Fsp3) is 0.238. The molecular formula is C21H21ClN4O. The Kier molecular flexibility index (Phi) is 5.23. The highest BCUT2D eigenvalue weighted by molar-refractivity contribution is 6.33. The molecular weight excluding hydrogens is 360 g/mol. The van der Waals surface area contributed by atoms with Crippen molar-refractivity contribution in [3.63, 3.8) is 0 Å². The maximum atomic E-state index is 12.9. The fourth-order valence-corrected chi connectivity index (χ4v) is 3.64. The van der Waals surface area contributed by atoms with Gasteiger partial charge in [-0.15, -0.1) is 0 Å². The Morgan fingerprint density at radius 1 is 1.11 bits per heavy atom. The minimum atomic E-state index is -0.194. The lowest BCUT2D eigenvalue weighted by molar-refractivity contribution is -0.121. The lowest BCUT2D eigenvalue weighted by Gasteiger charge is -2.33. The Bertz CT molecular complexity index is 908. The van der Waals surface area contributed by atoms with E-state index in [1.54, 1.807) is 11.1 Å². The van der Waals surface area contributed by atoms with Crippen molar-refractivity contribution in [2.24, 2.45) is 0 Å². The van der Waals surface area contributed by atoms with Gasteiger partial charge in [0.05, 0.1) is 22.4 Å². The number of hydrogen-bond donors (Lipinski definition) is 1. The molecule has 1 aliphatic rings. The molecule has 1 atom stereocenters.